The zero-order valence-corrected chi connectivity index (χ0v) is 14.7. The van der Waals surface area contributed by atoms with E-state index < -0.39 is 9.76 Å². The maximum absolute atomic E-state index is 6.24. The Balaban J connectivity index is 2.02. The second-order valence-electron chi connectivity index (χ2n) is 5.79. The van der Waals surface area contributed by atoms with Crippen LogP contribution in [0.1, 0.15) is 19.8 Å². The molecule has 2 rings (SSSR count). The Hall–Kier alpha value is -1.90. The molecule has 2 heteroatoms. The lowest BCUT2D eigenvalue weighted by Gasteiger charge is -2.28. The summed E-state index contributed by atoms with van der Waals surface area (Å²) in [6, 6.07) is 19.2. The Bertz CT molecular complexity index is 591. The van der Waals surface area contributed by atoms with Crippen molar-refractivity contribution in [2.75, 3.05) is 0 Å². The SMILES string of the molecule is C=CCC(C)(CC=C)O[SiH2]c1ccc(-c2ccccc2)cc1. The third-order valence-electron chi connectivity index (χ3n) is 3.80. The summed E-state index contributed by atoms with van der Waals surface area (Å²) in [5, 5.41) is 1.32. The highest BCUT2D eigenvalue weighted by Gasteiger charge is 2.21. The maximum atomic E-state index is 6.24. The first-order chi connectivity index (χ1) is 10.7. The summed E-state index contributed by atoms with van der Waals surface area (Å²) < 4.78 is 6.24. The van der Waals surface area contributed by atoms with Crippen molar-refractivity contribution in [2.45, 2.75) is 25.4 Å². The van der Waals surface area contributed by atoms with Gasteiger partial charge < -0.3 is 4.43 Å². The zero-order valence-electron chi connectivity index (χ0n) is 13.3. The first-order valence-corrected chi connectivity index (χ1v) is 8.95. The van der Waals surface area contributed by atoms with E-state index in [0.717, 1.165) is 12.8 Å². The second kappa shape index (κ2) is 7.92. The molecule has 0 saturated heterocycles. The lowest BCUT2D eigenvalue weighted by atomic mass is 9.99. The van der Waals surface area contributed by atoms with E-state index in [2.05, 4.69) is 68.6 Å². The minimum absolute atomic E-state index is 0.159. The zero-order chi connectivity index (χ0) is 15.8. The molecule has 2 aromatic carbocycles. The predicted molar refractivity (Wildman–Crippen MR) is 99.2 cm³/mol. The minimum atomic E-state index is -0.748. The van der Waals surface area contributed by atoms with E-state index in [1.807, 2.05) is 18.2 Å². The van der Waals surface area contributed by atoms with E-state index in [0.29, 0.717) is 0 Å². The van der Waals surface area contributed by atoms with Crippen molar-refractivity contribution in [1.82, 2.24) is 0 Å². The quantitative estimate of drug-likeness (QED) is 0.529. The molecule has 0 fully saturated rings. The number of hydrogen-bond donors (Lipinski definition) is 0. The molecule has 0 N–H and O–H groups in total. The van der Waals surface area contributed by atoms with Crippen LogP contribution in [-0.4, -0.2) is 15.4 Å². The first-order valence-electron chi connectivity index (χ1n) is 7.67. The monoisotopic (exact) mass is 308 g/mol. The molecule has 2 aromatic rings. The Morgan fingerprint density at radius 2 is 1.45 bits per heavy atom. The molecule has 114 valence electrons. The molecule has 0 saturated carbocycles. The molecule has 0 bridgehead atoms. The molecule has 0 aliphatic rings. The topological polar surface area (TPSA) is 9.23 Å². The third-order valence-corrected chi connectivity index (χ3v) is 5.45. The van der Waals surface area contributed by atoms with Gasteiger partial charge in [-0.15, -0.1) is 13.2 Å². The minimum Gasteiger partial charge on any atom is -0.413 e. The van der Waals surface area contributed by atoms with Crippen molar-refractivity contribution < 1.29 is 4.43 Å². The van der Waals surface area contributed by atoms with Crippen molar-refractivity contribution in [3.63, 3.8) is 0 Å². The number of hydrogen-bond acceptors (Lipinski definition) is 1. The van der Waals surface area contributed by atoms with Gasteiger partial charge in [-0.25, -0.2) is 0 Å². The summed E-state index contributed by atoms with van der Waals surface area (Å²) in [7, 11) is -0.748. The molecule has 22 heavy (non-hydrogen) atoms. The summed E-state index contributed by atoms with van der Waals surface area (Å²) in [6.07, 6.45) is 5.56. The average molecular weight is 308 g/mol. The molecule has 0 amide bonds. The van der Waals surface area contributed by atoms with Gasteiger partial charge in [-0.2, -0.15) is 0 Å². The van der Waals surface area contributed by atoms with Gasteiger partial charge in [0.1, 0.15) is 0 Å². The maximum Gasteiger partial charge on any atom is 0.193 e. The van der Waals surface area contributed by atoms with Gasteiger partial charge in [-0.1, -0.05) is 66.7 Å². The molecular weight excluding hydrogens is 284 g/mol. The van der Waals surface area contributed by atoms with Crippen LogP contribution in [0.15, 0.2) is 79.9 Å². The van der Waals surface area contributed by atoms with Crippen LogP contribution in [0.3, 0.4) is 0 Å². The summed E-state index contributed by atoms with van der Waals surface area (Å²) in [5.74, 6) is 0. The van der Waals surface area contributed by atoms with Gasteiger partial charge in [0.2, 0.25) is 0 Å². The predicted octanol–water partition coefficient (Wildman–Crippen LogP) is 3.99. The summed E-state index contributed by atoms with van der Waals surface area (Å²) >= 11 is 0. The highest BCUT2D eigenvalue weighted by Crippen LogP contribution is 2.21. The smallest absolute Gasteiger partial charge is 0.193 e. The van der Waals surface area contributed by atoms with E-state index in [1.165, 1.54) is 16.3 Å². The number of rotatable bonds is 8. The van der Waals surface area contributed by atoms with E-state index in [-0.39, 0.29) is 5.60 Å². The van der Waals surface area contributed by atoms with E-state index in [1.54, 1.807) is 0 Å². The van der Waals surface area contributed by atoms with Crippen LogP contribution in [0.5, 0.6) is 0 Å². The van der Waals surface area contributed by atoms with Crippen molar-refractivity contribution in [3.8, 4) is 11.1 Å². The van der Waals surface area contributed by atoms with Gasteiger partial charge in [0, 0.05) is 0 Å². The van der Waals surface area contributed by atoms with Gasteiger partial charge in [0.05, 0.1) is 5.60 Å². The van der Waals surface area contributed by atoms with Crippen LogP contribution in [0.2, 0.25) is 0 Å². The van der Waals surface area contributed by atoms with Crippen molar-refractivity contribution in [1.29, 1.82) is 0 Å². The highest BCUT2D eigenvalue weighted by molar-refractivity contribution is 6.47. The molecule has 0 aromatic heterocycles. The Morgan fingerprint density at radius 3 is 2.00 bits per heavy atom. The average Bonchev–Trinajstić information content (AvgIpc) is 2.55. The standard InChI is InChI=1S/C20H24OSi/c1-4-15-20(3,16-5-2)21-22-19-13-11-18(12-14-19)17-9-7-6-8-10-17/h4-14H,1-2,15-16,22H2,3H3. The van der Waals surface area contributed by atoms with Crippen LogP contribution < -0.4 is 5.19 Å². The fourth-order valence-corrected chi connectivity index (χ4v) is 3.67. The molecule has 0 atom stereocenters. The highest BCUT2D eigenvalue weighted by atomic mass is 28.2. The van der Waals surface area contributed by atoms with Crippen LogP contribution in [0, 0.1) is 0 Å². The van der Waals surface area contributed by atoms with Gasteiger partial charge in [0.25, 0.3) is 0 Å². The number of benzene rings is 2. The van der Waals surface area contributed by atoms with Crippen LogP contribution in [0.4, 0.5) is 0 Å². The Kier molecular flexibility index (Phi) is 5.93. The van der Waals surface area contributed by atoms with E-state index in [9.17, 15) is 0 Å². The lowest BCUT2D eigenvalue weighted by Crippen LogP contribution is -2.33. The normalized spacial score (nSPS) is 11.7. The molecule has 0 heterocycles. The van der Waals surface area contributed by atoms with Gasteiger partial charge in [-0.05, 0) is 36.1 Å². The van der Waals surface area contributed by atoms with Crippen LogP contribution in [-0.2, 0) is 4.43 Å². The molecule has 0 radical (unpaired) electrons. The summed E-state index contributed by atoms with van der Waals surface area (Å²) in [4.78, 5) is 0. The van der Waals surface area contributed by atoms with Crippen molar-refractivity contribution in [3.05, 3.63) is 79.9 Å². The Labute approximate surface area is 136 Å². The largest absolute Gasteiger partial charge is 0.413 e. The van der Waals surface area contributed by atoms with Gasteiger partial charge in [0.15, 0.2) is 9.76 Å². The molecular formula is C20H24OSi. The third kappa shape index (κ3) is 4.55. The summed E-state index contributed by atoms with van der Waals surface area (Å²) in [5.41, 5.74) is 2.34. The second-order valence-corrected chi connectivity index (χ2v) is 7.18. The van der Waals surface area contributed by atoms with Gasteiger partial charge >= 0.3 is 0 Å². The van der Waals surface area contributed by atoms with E-state index in [4.69, 9.17) is 4.43 Å². The van der Waals surface area contributed by atoms with Crippen LogP contribution in [0.25, 0.3) is 11.1 Å². The molecule has 0 unspecified atom stereocenters. The van der Waals surface area contributed by atoms with Crippen LogP contribution >= 0.6 is 0 Å². The summed E-state index contributed by atoms with van der Waals surface area (Å²) in [6.45, 7) is 9.80. The molecule has 0 spiro atoms. The van der Waals surface area contributed by atoms with Crippen molar-refractivity contribution in [2.24, 2.45) is 0 Å². The molecule has 0 aliphatic carbocycles. The lowest BCUT2D eigenvalue weighted by molar-refractivity contribution is 0.104. The van der Waals surface area contributed by atoms with Gasteiger partial charge in [-0.3, -0.25) is 0 Å². The van der Waals surface area contributed by atoms with E-state index >= 15 is 0 Å². The fourth-order valence-electron chi connectivity index (χ4n) is 2.49. The molecule has 0 aliphatic heterocycles. The van der Waals surface area contributed by atoms with Crippen molar-refractivity contribution >= 4 is 14.9 Å². The fraction of sp³-hybridized carbons (Fsp3) is 0.200. The first kappa shape index (κ1) is 16.5. The molecule has 1 nitrogen and oxygen atoms in total. The Morgan fingerprint density at radius 1 is 0.909 bits per heavy atom.